The maximum atomic E-state index is 12.5. The Bertz CT molecular complexity index is 934. The van der Waals surface area contributed by atoms with Crippen molar-refractivity contribution in [2.24, 2.45) is 0 Å². The molecular weight excluding hydrogens is 377 g/mol. The van der Waals surface area contributed by atoms with Crippen LogP contribution in [-0.2, 0) is 0 Å². The first-order valence-corrected chi connectivity index (χ1v) is 8.31. The average molecular weight is 392 g/mol. The SMILES string of the molecule is COc1cc(OC)cc(C(=O)Nc2ccn(-c3ccc(Cl)c(Cl)c3)n2)c1. The summed E-state index contributed by atoms with van der Waals surface area (Å²) in [5, 5.41) is 7.94. The van der Waals surface area contributed by atoms with Crippen molar-refractivity contribution >= 4 is 34.9 Å². The van der Waals surface area contributed by atoms with Crippen LogP contribution in [0.15, 0.2) is 48.7 Å². The molecule has 1 heterocycles. The second-order valence-corrected chi connectivity index (χ2v) is 6.11. The average Bonchev–Trinajstić information content (AvgIpc) is 3.11. The number of rotatable bonds is 5. The fraction of sp³-hybridized carbons (Fsp3) is 0.111. The van der Waals surface area contributed by atoms with Gasteiger partial charge in [-0.15, -0.1) is 0 Å². The van der Waals surface area contributed by atoms with Gasteiger partial charge < -0.3 is 14.8 Å². The van der Waals surface area contributed by atoms with Gasteiger partial charge in [-0.1, -0.05) is 23.2 Å². The zero-order chi connectivity index (χ0) is 18.7. The number of anilines is 1. The second-order valence-electron chi connectivity index (χ2n) is 5.30. The molecular formula is C18H15Cl2N3O3. The Hall–Kier alpha value is -2.70. The largest absolute Gasteiger partial charge is 0.497 e. The van der Waals surface area contributed by atoms with Gasteiger partial charge in [-0.05, 0) is 30.3 Å². The molecule has 0 saturated heterocycles. The number of hydrogen-bond acceptors (Lipinski definition) is 4. The van der Waals surface area contributed by atoms with Gasteiger partial charge in [-0.2, -0.15) is 5.10 Å². The lowest BCUT2D eigenvalue weighted by Crippen LogP contribution is -2.13. The third-order valence-electron chi connectivity index (χ3n) is 3.61. The summed E-state index contributed by atoms with van der Waals surface area (Å²) in [5.74, 6) is 1.11. The summed E-state index contributed by atoms with van der Waals surface area (Å²) in [7, 11) is 3.05. The minimum atomic E-state index is -0.332. The molecule has 1 amide bonds. The first-order chi connectivity index (χ1) is 12.5. The predicted molar refractivity (Wildman–Crippen MR) is 101 cm³/mol. The number of ether oxygens (including phenoxy) is 2. The van der Waals surface area contributed by atoms with Crippen LogP contribution in [0.3, 0.4) is 0 Å². The first kappa shape index (κ1) is 18.1. The molecule has 3 aromatic rings. The molecule has 0 aliphatic heterocycles. The summed E-state index contributed by atoms with van der Waals surface area (Å²) in [6.45, 7) is 0. The number of halogens is 2. The van der Waals surface area contributed by atoms with Crippen molar-refractivity contribution in [1.82, 2.24) is 9.78 Å². The van der Waals surface area contributed by atoms with Crippen LogP contribution in [0, 0.1) is 0 Å². The monoisotopic (exact) mass is 391 g/mol. The molecule has 3 rings (SSSR count). The summed E-state index contributed by atoms with van der Waals surface area (Å²) in [5.41, 5.74) is 1.12. The van der Waals surface area contributed by atoms with E-state index in [-0.39, 0.29) is 5.91 Å². The van der Waals surface area contributed by atoms with Crippen molar-refractivity contribution in [2.45, 2.75) is 0 Å². The number of amides is 1. The zero-order valence-corrected chi connectivity index (χ0v) is 15.5. The number of nitrogens with zero attached hydrogens (tertiary/aromatic N) is 2. The van der Waals surface area contributed by atoms with Crippen LogP contribution in [0.5, 0.6) is 11.5 Å². The fourth-order valence-corrected chi connectivity index (χ4v) is 2.58. The molecule has 1 aromatic heterocycles. The molecule has 6 nitrogen and oxygen atoms in total. The van der Waals surface area contributed by atoms with Crippen molar-refractivity contribution in [3.8, 4) is 17.2 Å². The molecule has 1 N–H and O–H groups in total. The minimum Gasteiger partial charge on any atom is -0.497 e. The molecule has 134 valence electrons. The standard InChI is InChI=1S/C18H15Cl2N3O3/c1-25-13-7-11(8-14(10-13)26-2)18(24)21-17-5-6-23(22-17)12-3-4-15(19)16(20)9-12/h3-10H,1-2H3,(H,21,22,24). The number of benzene rings is 2. The molecule has 0 bridgehead atoms. The normalized spacial score (nSPS) is 10.5. The van der Waals surface area contributed by atoms with Crippen LogP contribution in [0.2, 0.25) is 10.0 Å². The highest BCUT2D eigenvalue weighted by Gasteiger charge is 2.12. The van der Waals surface area contributed by atoms with Crippen molar-refractivity contribution < 1.29 is 14.3 Å². The summed E-state index contributed by atoms with van der Waals surface area (Å²) >= 11 is 11.9. The summed E-state index contributed by atoms with van der Waals surface area (Å²) in [6.07, 6.45) is 1.71. The Morgan fingerprint density at radius 2 is 1.69 bits per heavy atom. The Morgan fingerprint density at radius 1 is 1.00 bits per heavy atom. The highest BCUT2D eigenvalue weighted by atomic mass is 35.5. The zero-order valence-electron chi connectivity index (χ0n) is 14.0. The Morgan fingerprint density at radius 3 is 2.31 bits per heavy atom. The van der Waals surface area contributed by atoms with E-state index in [9.17, 15) is 4.79 Å². The highest BCUT2D eigenvalue weighted by molar-refractivity contribution is 6.42. The topological polar surface area (TPSA) is 65.4 Å². The number of carbonyl (C=O) groups is 1. The predicted octanol–water partition coefficient (Wildman–Crippen LogP) is 4.45. The van der Waals surface area contributed by atoms with Gasteiger partial charge in [0.05, 0.1) is 30.0 Å². The van der Waals surface area contributed by atoms with Crippen LogP contribution >= 0.6 is 23.2 Å². The molecule has 0 unspecified atom stereocenters. The lowest BCUT2D eigenvalue weighted by Gasteiger charge is -2.08. The van der Waals surface area contributed by atoms with E-state index in [0.29, 0.717) is 32.9 Å². The minimum absolute atomic E-state index is 0.332. The number of nitrogens with one attached hydrogen (secondary N) is 1. The lowest BCUT2D eigenvalue weighted by molar-refractivity contribution is 0.102. The third kappa shape index (κ3) is 3.92. The van der Waals surface area contributed by atoms with Gasteiger partial charge in [0.2, 0.25) is 0 Å². The Balaban J connectivity index is 1.80. The van der Waals surface area contributed by atoms with Crippen molar-refractivity contribution in [3.05, 3.63) is 64.3 Å². The van der Waals surface area contributed by atoms with Gasteiger partial charge in [0.15, 0.2) is 5.82 Å². The number of hydrogen-bond donors (Lipinski definition) is 1. The summed E-state index contributed by atoms with van der Waals surface area (Å²) < 4.78 is 11.9. The fourth-order valence-electron chi connectivity index (χ4n) is 2.29. The van der Waals surface area contributed by atoms with E-state index in [4.69, 9.17) is 32.7 Å². The first-order valence-electron chi connectivity index (χ1n) is 7.55. The van der Waals surface area contributed by atoms with E-state index in [1.54, 1.807) is 53.3 Å². The van der Waals surface area contributed by atoms with E-state index < -0.39 is 0 Å². The maximum Gasteiger partial charge on any atom is 0.257 e. The van der Waals surface area contributed by atoms with Gasteiger partial charge >= 0.3 is 0 Å². The maximum absolute atomic E-state index is 12.5. The smallest absolute Gasteiger partial charge is 0.257 e. The van der Waals surface area contributed by atoms with Gasteiger partial charge in [0.25, 0.3) is 5.91 Å². The van der Waals surface area contributed by atoms with E-state index >= 15 is 0 Å². The Labute approximate surface area is 160 Å². The third-order valence-corrected chi connectivity index (χ3v) is 4.35. The van der Waals surface area contributed by atoms with Crippen LogP contribution in [-0.4, -0.2) is 29.9 Å². The molecule has 0 atom stereocenters. The van der Waals surface area contributed by atoms with Crippen molar-refractivity contribution in [2.75, 3.05) is 19.5 Å². The van der Waals surface area contributed by atoms with Crippen LogP contribution < -0.4 is 14.8 Å². The van der Waals surface area contributed by atoms with Crippen LogP contribution in [0.1, 0.15) is 10.4 Å². The van der Waals surface area contributed by atoms with Crippen molar-refractivity contribution in [1.29, 1.82) is 0 Å². The molecule has 26 heavy (non-hydrogen) atoms. The number of aromatic nitrogens is 2. The molecule has 0 aliphatic carbocycles. The van der Waals surface area contributed by atoms with E-state index in [1.165, 1.54) is 14.2 Å². The van der Waals surface area contributed by atoms with E-state index in [1.807, 2.05) is 0 Å². The summed E-state index contributed by atoms with van der Waals surface area (Å²) in [6, 6.07) is 11.8. The molecule has 0 saturated carbocycles. The van der Waals surface area contributed by atoms with Gasteiger partial charge in [-0.25, -0.2) is 4.68 Å². The quantitative estimate of drug-likeness (QED) is 0.697. The van der Waals surface area contributed by atoms with Crippen molar-refractivity contribution in [3.63, 3.8) is 0 Å². The second kappa shape index (κ2) is 7.68. The molecule has 2 aromatic carbocycles. The number of carbonyl (C=O) groups excluding carboxylic acids is 1. The molecule has 8 heteroatoms. The van der Waals surface area contributed by atoms with Gasteiger partial charge in [0.1, 0.15) is 11.5 Å². The van der Waals surface area contributed by atoms with E-state index in [0.717, 1.165) is 5.69 Å². The highest BCUT2D eigenvalue weighted by Crippen LogP contribution is 2.25. The Kier molecular flexibility index (Phi) is 5.35. The molecule has 0 radical (unpaired) electrons. The van der Waals surface area contributed by atoms with Gasteiger partial charge in [-0.3, -0.25) is 4.79 Å². The molecule has 0 aliphatic rings. The van der Waals surface area contributed by atoms with Gasteiger partial charge in [0, 0.05) is 23.9 Å². The lowest BCUT2D eigenvalue weighted by atomic mass is 10.2. The van der Waals surface area contributed by atoms with Crippen LogP contribution in [0.4, 0.5) is 5.82 Å². The van der Waals surface area contributed by atoms with Crippen LogP contribution in [0.25, 0.3) is 5.69 Å². The molecule has 0 fully saturated rings. The van der Waals surface area contributed by atoms with E-state index in [2.05, 4.69) is 10.4 Å². The summed E-state index contributed by atoms with van der Waals surface area (Å²) in [4.78, 5) is 12.5. The number of methoxy groups -OCH3 is 2. The molecule has 0 spiro atoms.